The minimum absolute atomic E-state index is 0.0654. The highest BCUT2D eigenvalue weighted by Gasteiger charge is 2.21. The summed E-state index contributed by atoms with van der Waals surface area (Å²) in [6.45, 7) is 0.931. The van der Waals surface area contributed by atoms with Gasteiger partial charge in [-0.3, -0.25) is 4.79 Å². The molecule has 1 saturated heterocycles. The number of rotatable bonds is 3. The molecule has 1 heterocycles. The summed E-state index contributed by atoms with van der Waals surface area (Å²) >= 11 is 5.69. The lowest BCUT2D eigenvalue weighted by atomic mass is 10.1. The third-order valence-corrected chi connectivity index (χ3v) is 3.10. The lowest BCUT2D eigenvalue weighted by molar-refractivity contribution is 0.0854. The number of amides is 1. The van der Waals surface area contributed by atoms with Gasteiger partial charge in [-0.1, -0.05) is 11.6 Å². The number of ether oxygens (including phenoxy) is 1. The van der Waals surface area contributed by atoms with E-state index in [2.05, 4.69) is 5.32 Å². The largest absolute Gasteiger partial charge is 0.376 e. The maximum atomic E-state index is 13.5. The molecule has 0 radical (unpaired) electrons. The van der Waals surface area contributed by atoms with Gasteiger partial charge in [0.1, 0.15) is 0 Å². The summed E-state index contributed by atoms with van der Waals surface area (Å²) in [6, 6.07) is 2.04. The Hall–Kier alpha value is -1.20. The van der Waals surface area contributed by atoms with Crippen LogP contribution in [0, 0.1) is 11.6 Å². The molecule has 0 aliphatic carbocycles. The molecule has 2 rings (SSSR count). The van der Waals surface area contributed by atoms with Crippen molar-refractivity contribution in [3.05, 3.63) is 34.4 Å². The Kier molecular flexibility index (Phi) is 4.14. The van der Waals surface area contributed by atoms with E-state index in [1.54, 1.807) is 0 Å². The van der Waals surface area contributed by atoms with Crippen molar-refractivity contribution in [1.82, 2.24) is 5.32 Å². The van der Waals surface area contributed by atoms with Gasteiger partial charge in [0.15, 0.2) is 11.6 Å². The summed E-state index contributed by atoms with van der Waals surface area (Å²) < 4.78 is 31.8. The molecule has 1 amide bonds. The second kappa shape index (κ2) is 5.63. The van der Waals surface area contributed by atoms with Gasteiger partial charge in [0.2, 0.25) is 0 Å². The third-order valence-electron chi connectivity index (χ3n) is 2.79. The monoisotopic (exact) mass is 275 g/mol. The van der Waals surface area contributed by atoms with E-state index in [9.17, 15) is 13.6 Å². The smallest absolute Gasteiger partial charge is 0.255 e. The molecule has 0 spiro atoms. The molecule has 1 aliphatic rings. The first kappa shape index (κ1) is 13.2. The summed E-state index contributed by atoms with van der Waals surface area (Å²) in [5.41, 5.74) is -0.463. The van der Waals surface area contributed by atoms with Crippen LogP contribution in [0.1, 0.15) is 23.2 Å². The third kappa shape index (κ3) is 2.79. The van der Waals surface area contributed by atoms with Gasteiger partial charge in [0.05, 0.1) is 16.7 Å². The highest BCUT2D eigenvalue weighted by molar-refractivity contribution is 6.33. The van der Waals surface area contributed by atoms with Crippen LogP contribution in [0.4, 0.5) is 8.78 Å². The molecular formula is C12H12ClF2NO2. The average Bonchev–Trinajstić information content (AvgIpc) is 2.85. The van der Waals surface area contributed by atoms with Crippen LogP contribution >= 0.6 is 11.6 Å². The van der Waals surface area contributed by atoms with E-state index in [0.717, 1.165) is 25.0 Å². The number of hydrogen-bond donors (Lipinski definition) is 1. The maximum Gasteiger partial charge on any atom is 0.255 e. The Morgan fingerprint density at radius 2 is 2.28 bits per heavy atom. The van der Waals surface area contributed by atoms with Crippen LogP contribution < -0.4 is 5.32 Å². The van der Waals surface area contributed by atoms with Crippen LogP contribution in [0.15, 0.2) is 12.1 Å². The lowest BCUT2D eigenvalue weighted by Gasteiger charge is -2.12. The first-order valence-electron chi connectivity index (χ1n) is 5.63. The van der Waals surface area contributed by atoms with Crippen molar-refractivity contribution in [3.8, 4) is 0 Å². The van der Waals surface area contributed by atoms with Crippen LogP contribution in [0.5, 0.6) is 0 Å². The van der Waals surface area contributed by atoms with E-state index in [1.807, 2.05) is 0 Å². The van der Waals surface area contributed by atoms with Crippen molar-refractivity contribution in [2.75, 3.05) is 13.2 Å². The van der Waals surface area contributed by atoms with Gasteiger partial charge in [-0.15, -0.1) is 0 Å². The molecule has 0 aromatic heterocycles. The van der Waals surface area contributed by atoms with Crippen LogP contribution in [-0.4, -0.2) is 25.2 Å². The molecular weight excluding hydrogens is 264 g/mol. The highest BCUT2D eigenvalue weighted by atomic mass is 35.5. The van der Waals surface area contributed by atoms with Crippen molar-refractivity contribution >= 4 is 17.5 Å². The number of carbonyl (C=O) groups excluding carboxylic acids is 1. The van der Waals surface area contributed by atoms with Crippen LogP contribution in [-0.2, 0) is 4.74 Å². The number of carbonyl (C=O) groups is 1. The first-order valence-corrected chi connectivity index (χ1v) is 6.00. The van der Waals surface area contributed by atoms with E-state index < -0.39 is 23.1 Å². The van der Waals surface area contributed by atoms with Crippen LogP contribution in [0.25, 0.3) is 0 Å². The molecule has 1 aromatic rings. The molecule has 0 saturated carbocycles. The fourth-order valence-corrected chi connectivity index (χ4v) is 2.07. The summed E-state index contributed by atoms with van der Waals surface area (Å²) in [5, 5.41) is 2.38. The Balaban J connectivity index is 2.06. The van der Waals surface area contributed by atoms with E-state index in [1.165, 1.54) is 0 Å². The van der Waals surface area contributed by atoms with Gasteiger partial charge >= 0.3 is 0 Å². The Morgan fingerprint density at radius 3 is 2.94 bits per heavy atom. The molecule has 1 aliphatic heterocycles. The van der Waals surface area contributed by atoms with Gasteiger partial charge in [-0.05, 0) is 25.0 Å². The second-order valence-corrected chi connectivity index (χ2v) is 4.47. The molecule has 6 heteroatoms. The van der Waals surface area contributed by atoms with E-state index in [0.29, 0.717) is 6.61 Å². The molecule has 1 atom stereocenters. The van der Waals surface area contributed by atoms with E-state index in [-0.39, 0.29) is 17.7 Å². The van der Waals surface area contributed by atoms with Gasteiger partial charge in [-0.25, -0.2) is 8.78 Å². The number of hydrogen-bond acceptors (Lipinski definition) is 2. The number of nitrogens with one attached hydrogen (secondary N) is 1. The normalized spacial score (nSPS) is 18.9. The molecule has 1 N–H and O–H groups in total. The van der Waals surface area contributed by atoms with Gasteiger partial charge in [-0.2, -0.15) is 0 Å². The van der Waals surface area contributed by atoms with Crippen molar-refractivity contribution < 1.29 is 18.3 Å². The first-order chi connectivity index (χ1) is 8.59. The SMILES string of the molecule is O=C(NCC1CCCO1)c1c(Cl)ccc(F)c1F. The molecule has 98 valence electrons. The number of benzene rings is 1. The van der Waals surface area contributed by atoms with Crippen molar-refractivity contribution in [3.63, 3.8) is 0 Å². The maximum absolute atomic E-state index is 13.5. The van der Waals surface area contributed by atoms with Crippen LogP contribution in [0.2, 0.25) is 5.02 Å². The molecule has 1 unspecified atom stereocenters. The van der Waals surface area contributed by atoms with Gasteiger partial charge in [0.25, 0.3) is 5.91 Å². The molecule has 3 nitrogen and oxygen atoms in total. The summed E-state index contributed by atoms with van der Waals surface area (Å²) in [5.74, 6) is -3.05. The zero-order valence-electron chi connectivity index (χ0n) is 9.51. The Labute approximate surface area is 108 Å². The highest BCUT2D eigenvalue weighted by Crippen LogP contribution is 2.21. The predicted molar refractivity (Wildman–Crippen MR) is 62.7 cm³/mol. The fraction of sp³-hybridized carbons (Fsp3) is 0.417. The summed E-state index contributed by atoms with van der Waals surface area (Å²) in [7, 11) is 0. The minimum Gasteiger partial charge on any atom is -0.376 e. The molecule has 0 bridgehead atoms. The van der Waals surface area contributed by atoms with Crippen LogP contribution in [0.3, 0.4) is 0 Å². The summed E-state index contributed by atoms with van der Waals surface area (Å²) in [6.07, 6.45) is 1.72. The van der Waals surface area contributed by atoms with Crippen molar-refractivity contribution in [1.29, 1.82) is 0 Å². The fourth-order valence-electron chi connectivity index (χ4n) is 1.84. The van der Waals surface area contributed by atoms with E-state index >= 15 is 0 Å². The topological polar surface area (TPSA) is 38.3 Å². The zero-order chi connectivity index (χ0) is 13.1. The summed E-state index contributed by atoms with van der Waals surface area (Å²) in [4.78, 5) is 11.7. The minimum atomic E-state index is -1.23. The van der Waals surface area contributed by atoms with E-state index in [4.69, 9.17) is 16.3 Å². The van der Waals surface area contributed by atoms with Gasteiger partial charge in [0, 0.05) is 13.2 Å². The molecule has 18 heavy (non-hydrogen) atoms. The second-order valence-electron chi connectivity index (χ2n) is 4.06. The Morgan fingerprint density at radius 1 is 1.50 bits per heavy atom. The zero-order valence-corrected chi connectivity index (χ0v) is 10.3. The van der Waals surface area contributed by atoms with Crippen molar-refractivity contribution in [2.24, 2.45) is 0 Å². The molecule has 1 fully saturated rings. The average molecular weight is 276 g/mol. The van der Waals surface area contributed by atoms with Crippen molar-refractivity contribution in [2.45, 2.75) is 18.9 Å². The standard InChI is InChI=1S/C12H12ClF2NO2/c13-8-3-4-9(14)11(15)10(8)12(17)16-6-7-2-1-5-18-7/h3-4,7H,1-2,5-6H2,(H,16,17). The quantitative estimate of drug-likeness (QED) is 0.861. The predicted octanol–water partition coefficient (Wildman–Crippen LogP) is 2.53. The van der Waals surface area contributed by atoms with Gasteiger partial charge < -0.3 is 10.1 Å². The molecule has 1 aromatic carbocycles. The number of halogens is 3. The Bertz CT molecular complexity index is 462. The lowest BCUT2D eigenvalue weighted by Crippen LogP contribution is -2.32.